The lowest BCUT2D eigenvalue weighted by atomic mass is 9.95. The molecule has 3 rings (SSSR count). The van der Waals surface area contributed by atoms with Gasteiger partial charge >= 0.3 is 0 Å². The third-order valence-corrected chi connectivity index (χ3v) is 5.40. The fraction of sp³-hybridized carbons (Fsp3) is 0.579. The maximum Gasteiger partial charge on any atom is 0.254 e. The van der Waals surface area contributed by atoms with Crippen LogP contribution in [0, 0.1) is 0 Å². The average molecular weight is 345 g/mol. The van der Waals surface area contributed by atoms with Gasteiger partial charge in [0.15, 0.2) is 0 Å². The van der Waals surface area contributed by atoms with Crippen molar-refractivity contribution in [1.82, 2.24) is 9.80 Å². The van der Waals surface area contributed by atoms with Gasteiger partial charge in [0.25, 0.3) is 5.91 Å². The smallest absolute Gasteiger partial charge is 0.254 e. The van der Waals surface area contributed by atoms with E-state index in [1.54, 1.807) is 28.9 Å². The lowest BCUT2D eigenvalue weighted by Crippen LogP contribution is -2.57. The maximum absolute atomic E-state index is 12.9. The van der Waals surface area contributed by atoms with Gasteiger partial charge in [0, 0.05) is 18.7 Å². The molecule has 1 aromatic rings. The number of likely N-dealkylation sites (tertiary alicyclic amines) is 2. The summed E-state index contributed by atoms with van der Waals surface area (Å²) in [5.74, 6) is -0.222. The summed E-state index contributed by atoms with van der Waals surface area (Å²) >= 11 is 0. The van der Waals surface area contributed by atoms with Crippen LogP contribution in [-0.2, 0) is 4.79 Å². The second kappa shape index (κ2) is 6.77. The van der Waals surface area contributed by atoms with E-state index >= 15 is 0 Å². The lowest BCUT2D eigenvalue weighted by Gasteiger charge is -2.33. The normalized spacial score (nSPS) is 27.9. The van der Waals surface area contributed by atoms with Crippen molar-refractivity contribution >= 4 is 11.8 Å². The number of fused-ring (bicyclic) bond motifs is 1. The average Bonchev–Trinajstić information content (AvgIpc) is 3.16. The molecule has 2 heterocycles. The molecule has 3 N–H and O–H groups in total. The van der Waals surface area contributed by atoms with Gasteiger partial charge < -0.3 is 20.6 Å². The Balaban J connectivity index is 1.79. The van der Waals surface area contributed by atoms with Gasteiger partial charge in [0.2, 0.25) is 5.91 Å². The molecule has 6 nitrogen and oxygen atoms in total. The number of hydrogen-bond donors (Lipinski definition) is 2. The Morgan fingerprint density at radius 1 is 1.28 bits per heavy atom. The van der Waals surface area contributed by atoms with Crippen molar-refractivity contribution in [2.45, 2.75) is 56.8 Å². The number of amides is 2. The van der Waals surface area contributed by atoms with Gasteiger partial charge in [-0.05, 0) is 31.9 Å². The molecule has 0 unspecified atom stereocenters. The highest BCUT2D eigenvalue weighted by atomic mass is 16.3. The van der Waals surface area contributed by atoms with Gasteiger partial charge in [-0.1, -0.05) is 31.5 Å². The quantitative estimate of drug-likeness (QED) is 0.852. The Morgan fingerprint density at radius 3 is 2.60 bits per heavy atom. The molecule has 2 fully saturated rings. The Hall–Kier alpha value is -1.92. The topological polar surface area (TPSA) is 86.9 Å². The molecule has 0 saturated carbocycles. The van der Waals surface area contributed by atoms with Gasteiger partial charge in [0.1, 0.15) is 0 Å². The van der Waals surface area contributed by atoms with Gasteiger partial charge in [-0.3, -0.25) is 9.59 Å². The molecule has 2 amide bonds. The second-order valence-electron chi connectivity index (χ2n) is 7.40. The summed E-state index contributed by atoms with van der Waals surface area (Å²) in [6.45, 7) is 4.53. The fourth-order valence-electron chi connectivity index (χ4n) is 4.22. The molecule has 1 aromatic carbocycles. The van der Waals surface area contributed by atoms with E-state index in [9.17, 15) is 14.7 Å². The third-order valence-electron chi connectivity index (χ3n) is 5.40. The van der Waals surface area contributed by atoms with E-state index in [0.29, 0.717) is 24.9 Å². The molecule has 0 spiro atoms. The number of hydrogen-bond acceptors (Lipinski definition) is 4. The summed E-state index contributed by atoms with van der Waals surface area (Å²) in [5.41, 5.74) is 5.89. The summed E-state index contributed by atoms with van der Waals surface area (Å²) in [5, 5.41) is 10.6. The number of rotatable bonds is 4. The maximum atomic E-state index is 12.9. The summed E-state index contributed by atoms with van der Waals surface area (Å²) in [6.07, 6.45) is 1.36. The minimum atomic E-state index is -0.930. The zero-order valence-corrected chi connectivity index (χ0v) is 14.9. The summed E-state index contributed by atoms with van der Waals surface area (Å²) in [7, 11) is 0. The summed E-state index contributed by atoms with van der Waals surface area (Å²) < 4.78 is 0. The van der Waals surface area contributed by atoms with Crippen molar-refractivity contribution in [3.05, 3.63) is 35.9 Å². The van der Waals surface area contributed by atoms with Crippen molar-refractivity contribution < 1.29 is 14.7 Å². The van der Waals surface area contributed by atoms with Crippen molar-refractivity contribution in [3.63, 3.8) is 0 Å². The zero-order chi connectivity index (χ0) is 18.2. The van der Waals surface area contributed by atoms with Crippen LogP contribution in [-0.4, -0.2) is 63.5 Å². The van der Waals surface area contributed by atoms with Crippen LogP contribution in [0.1, 0.15) is 43.5 Å². The Kier molecular flexibility index (Phi) is 4.84. The van der Waals surface area contributed by atoms with E-state index in [1.807, 2.05) is 25.1 Å². The molecule has 2 aliphatic heterocycles. The number of nitrogens with zero attached hydrogens (tertiary/aromatic N) is 2. The minimum Gasteiger partial charge on any atom is -0.389 e. The van der Waals surface area contributed by atoms with Crippen LogP contribution < -0.4 is 5.73 Å². The molecule has 0 bridgehead atoms. The highest BCUT2D eigenvalue weighted by Gasteiger charge is 2.53. The summed E-state index contributed by atoms with van der Waals surface area (Å²) in [6, 6.07) is 8.56. The number of β-amino-alcohol motifs (C(OH)–C–C–N with tert-alkyl or cyclic N) is 1. The first-order chi connectivity index (χ1) is 11.9. The first-order valence-electron chi connectivity index (χ1n) is 9.01. The van der Waals surface area contributed by atoms with E-state index in [-0.39, 0.29) is 30.4 Å². The first kappa shape index (κ1) is 17.9. The third kappa shape index (κ3) is 3.16. The molecule has 0 aromatic heterocycles. The van der Waals surface area contributed by atoms with Crippen LogP contribution in [0.3, 0.4) is 0 Å². The minimum absolute atomic E-state index is 0.0921. The van der Waals surface area contributed by atoms with Crippen molar-refractivity contribution in [2.24, 2.45) is 5.73 Å². The monoisotopic (exact) mass is 345 g/mol. The number of carbonyl (C=O) groups excluding carboxylic acids is 2. The van der Waals surface area contributed by atoms with Crippen molar-refractivity contribution in [2.75, 3.05) is 13.1 Å². The van der Waals surface area contributed by atoms with Gasteiger partial charge in [-0.15, -0.1) is 0 Å². The van der Waals surface area contributed by atoms with Crippen LogP contribution in [0.2, 0.25) is 0 Å². The predicted molar refractivity (Wildman–Crippen MR) is 94.9 cm³/mol. The zero-order valence-electron chi connectivity index (χ0n) is 14.9. The van der Waals surface area contributed by atoms with E-state index in [2.05, 4.69) is 0 Å². The molecule has 0 radical (unpaired) electrons. The second-order valence-corrected chi connectivity index (χ2v) is 7.40. The van der Waals surface area contributed by atoms with Gasteiger partial charge in [-0.2, -0.15) is 0 Å². The highest BCUT2D eigenvalue weighted by Crippen LogP contribution is 2.34. The highest BCUT2D eigenvalue weighted by molar-refractivity contribution is 5.95. The van der Waals surface area contributed by atoms with Crippen LogP contribution in [0.15, 0.2) is 30.3 Å². The number of aliphatic hydroxyl groups excluding tert-OH is 1. The van der Waals surface area contributed by atoms with E-state index in [4.69, 9.17) is 5.73 Å². The van der Waals surface area contributed by atoms with E-state index < -0.39 is 11.6 Å². The molecule has 136 valence electrons. The molecule has 4 atom stereocenters. The number of nitrogens with two attached hydrogens (primary N) is 1. The van der Waals surface area contributed by atoms with Crippen molar-refractivity contribution in [3.8, 4) is 0 Å². The molecule has 25 heavy (non-hydrogen) atoms. The van der Waals surface area contributed by atoms with Crippen molar-refractivity contribution in [1.29, 1.82) is 0 Å². The molecule has 6 heteroatoms. The van der Waals surface area contributed by atoms with Crippen LogP contribution in [0.5, 0.6) is 0 Å². The van der Waals surface area contributed by atoms with Crippen LogP contribution in [0.4, 0.5) is 0 Å². The predicted octanol–water partition coefficient (Wildman–Crippen LogP) is 0.990. The fourth-order valence-corrected chi connectivity index (χ4v) is 4.22. The first-order valence-corrected chi connectivity index (χ1v) is 9.01. The molecular weight excluding hydrogens is 318 g/mol. The van der Waals surface area contributed by atoms with Crippen LogP contribution in [0.25, 0.3) is 0 Å². The van der Waals surface area contributed by atoms with Gasteiger partial charge in [-0.25, -0.2) is 0 Å². The van der Waals surface area contributed by atoms with E-state index in [1.165, 1.54) is 0 Å². The van der Waals surface area contributed by atoms with E-state index in [0.717, 1.165) is 6.42 Å². The standard InChI is InChI=1S/C19H27N3O3/c1-3-10-19(2,20)18(25)21-11-9-14-16(21)15(23)12-22(14)17(24)13-7-5-4-6-8-13/h4-8,14-16,23H,3,9-12,20H2,1-2H3/t14-,15+,16+,19+/m1/s1. The SMILES string of the molecule is CCC[C@](C)(N)C(=O)N1CC[C@@H]2[C@H]1[C@@H](O)CN2C(=O)c1ccccc1. The van der Waals surface area contributed by atoms with Crippen LogP contribution >= 0.6 is 0 Å². The number of carbonyl (C=O) groups is 2. The molecule has 2 aliphatic rings. The largest absolute Gasteiger partial charge is 0.389 e. The number of aliphatic hydroxyl groups is 1. The Morgan fingerprint density at radius 2 is 1.96 bits per heavy atom. The molecular formula is C19H27N3O3. The number of benzene rings is 1. The summed E-state index contributed by atoms with van der Waals surface area (Å²) in [4.78, 5) is 29.1. The van der Waals surface area contributed by atoms with Gasteiger partial charge in [0.05, 0.1) is 23.7 Å². The molecule has 2 saturated heterocycles. The molecule has 0 aliphatic carbocycles. The lowest BCUT2D eigenvalue weighted by molar-refractivity contribution is -0.139. The Labute approximate surface area is 148 Å². The Bertz CT molecular complexity index is 647.